The molecule has 4 nitrogen and oxygen atoms in total. The number of amides is 1. The van der Waals surface area contributed by atoms with Gasteiger partial charge >= 0.3 is 0 Å². The van der Waals surface area contributed by atoms with E-state index in [1.165, 1.54) is 55.2 Å². The highest BCUT2D eigenvalue weighted by Gasteiger charge is 2.51. The first kappa shape index (κ1) is 19.0. The van der Waals surface area contributed by atoms with Crippen LogP contribution >= 0.6 is 11.8 Å². The van der Waals surface area contributed by atoms with Gasteiger partial charge in [0, 0.05) is 23.5 Å². The Morgan fingerprint density at radius 3 is 2.50 bits per heavy atom. The second-order valence-corrected chi connectivity index (χ2v) is 11.6. The smallest absolute Gasteiger partial charge is 0.226 e. The van der Waals surface area contributed by atoms with Crippen molar-refractivity contribution in [1.82, 2.24) is 9.78 Å². The lowest BCUT2D eigenvalue weighted by atomic mass is 9.49. The average Bonchev–Trinajstić information content (AvgIpc) is 3.23. The Morgan fingerprint density at radius 2 is 1.83 bits per heavy atom. The minimum atomic E-state index is 0.197. The maximum Gasteiger partial charge on any atom is 0.226 e. The summed E-state index contributed by atoms with van der Waals surface area (Å²) in [5.41, 5.74) is 6.13. The van der Waals surface area contributed by atoms with E-state index in [0.29, 0.717) is 6.42 Å². The highest BCUT2D eigenvalue weighted by atomic mass is 32.2. The third kappa shape index (κ3) is 3.12. The van der Waals surface area contributed by atoms with E-state index < -0.39 is 0 Å². The SMILES string of the molecule is Cc1ccc(-n2nc3c(c2NC(=O)CC24CC5CC(CC(C5)C2)C4)CSC3)c(C)c1. The summed E-state index contributed by atoms with van der Waals surface area (Å²) < 4.78 is 2.00. The van der Waals surface area contributed by atoms with E-state index in [4.69, 9.17) is 5.10 Å². The molecular formula is C25H31N3OS. The summed E-state index contributed by atoms with van der Waals surface area (Å²) in [5.74, 6) is 5.62. The number of aryl methyl sites for hydroxylation is 2. The standard InChI is InChI=1S/C25H31N3OS/c1-15-3-4-22(16(2)5-15)28-24(20-13-30-14-21(20)27-28)26-23(29)12-25-9-17-6-18(10-25)8-19(7-17)11-25/h3-5,17-19H,6-14H2,1-2H3,(H,26,29). The fourth-order valence-electron chi connectivity index (χ4n) is 7.38. The molecule has 0 saturated heterocycles. The van der Waals surface area contributed by atoms with E-state index in [1.54, 1.807) is 0 Å². The number of benzene rings is 1. The van der Waals surface area contributed by atoms with Gasteiger partial charge < -0.3 is 5.32 Å². The molecule has 4 aliphatic carbocycles. The predicted octanol–water partition coefficient (Wildman–Crippen LogP) is 5.78. The van der Waals surface area contributed by atoms with Crippen molar-refractivity contribution in [2.45, 2.75) is 70.3 Å². The van der Waals surface area contributed by atoms with Gasteiger partial charge in [-0.1, -0.05) is 17.7 Å². The lowest BCUT2D eigenvalue weighted by Gasteiger charge is -2.56. The van der Waals surface area contributed by atoms with Crippen LogP contribution < -0.4 is 5.32 Å². The summed E-state index contributed by atoms with van der Waals surface area (Å²) in [5, 5.41) is 8.27. The highest BCUT2D eigenvalue weighted by Crippen LogP contribution is 2.61. The van der Waals surface area contributed by atoms with Gasteiger partial charge in [0.15, 0.2) is 0 Å². The average molecular weight is 422 g/mol. The second kappa shape index (κ2) is 6.88. The third-order valence-corrected chi connectivity index (χ3v) is 9.06. The minimum Gasteiger partial charge on any atom is -0.310 e. The number of carbonyl (C=O) groups excluding carboxylic acids is 1. The van der Waals surface area contributed by atoms with Crippen molar-refractivity contribution in [3.05, 3.63) is 40.6 Å². The van der Waals surface area contributed by atoms with Crippen molar-refractivity contribution < 1.29 is 4.79 Å². The Bertz CT molecular complexity index is 988. The fourth-order valence-corrected chi connectivity index (χ4v) is 8.42. The van der Waals surface area contributed by atoms with E-state index in [9.17, 15) is 4.79 Å². The Balaban J connectivity index is 1.29. The van der Waals surface area contributed by atoms with Crippen molar-refractivity contribution in [1.29, 1.82) is 0 Å². The topological polar surface area (TPSA) is 46.9 Å². The van der Waals surface area contributed by atoms with Crippen molar-refractivity contribution >= 4 is 23.5 Å². The molecule has 5 aliphatic rings. The van der Waals surface area contributed by atoms with Crippen LogP contribution in [0.2, 0.25) is 0 Å². The molecule has 0 radical (unpaired) electrons. The van der Waals surface area contributed by atoms with Crippen LogP contribution in [0.4, 0.5) is 5.82 Å². The molecule has 1 aliphatic heterocycles. The van der Waals surface area contributed by atoms with Gasteiger partial charge in [0.25, 0.3) is 0 Å². The monoisotopic (exact) mass is 421 g/mol. The fraction of sp³-hybridized carbons (Fsp3) is 0.600. The first-order valence-electron chi connectivity index (χ1n) is 11.5. The number of rotatable bonds is 4. The number of anilines is 1. The number of fused-ring (bicyclic) bond motifs is 1. The molecule has 4 bridgehead atoms. The molecule has 1 N–H and O–H groups in total. The van der Waals surface area contributed by atoms with Gasteiger partial charge in [-0.05, 0) is 87.2 Å². The maximum atomic E-state index is 13.4. The number of hydrogen-bond acceptors (Lipinski definition) is 3. The van der Waals surface area contributed by atoms with E-state index in [0.717, 1.165) is 46.5 Å². The highest BCUT2D eigenvalue weighted by molar-refractivity contribution is 7.98. The lowest BCUT2D eigenvalue weighted by molar-refractivity contribution is -0.124. The van der Waals surface area contributed by atoms with Crippen molar-refractivity contribution in [2.75, 3.05) is 5.32 Å². The summed E-state index contributed by atoms with van der Waals surface area (Å²) >= 11 is 1.89. The molecule has 0 atom stereocenters. The summed E-state index contributed by atoms with van der Waals surface area (Å²) in [6, 6.07) is 6.46. The largest absolute Gasteiger partial charge is 0.310 e. The van der Waals surface area contributed by atoms with Crippen LogP contribution in [0.25, 0.3) is 5.69 Å². The molecule has 0 spiro atoms. The van der Waals surface area contributed by atoms with E-state index >= 15 is 0 Å². The van der Waals surface area contributed by atoms with E-state index in [1.807, 2.05) is 16.4 Å². The Morgan fingerprint density at radius 1 is 1.13 bits per heavy atom. The summed E-state index contributed by atoms with van der Waals surface area (Å²) in [4.78, 5) is 13.4. The zero-order valence-corrected chi connectivity index (χ0v) is 18.9. The zero-order chi connectivity index (χ0) is 20.5. The normalized spacial score (nSPS) is 31.2. The maximum absolute atomic E-state index is 13.4. The van der Waals surface area contributed by atoms with Gasteiger partial charge in [-0.2, -0.15) is 16.9 Å². The molecule has 158 valence electrons. The zero-order valence-electron chi connectivity index (χ0n) is 18.0. The molecule has 0 unspecified atom stereocenters. The number of thioether (sulfide) groups is 1. The van der Waals surface area contributed by atoms with Crippen molar-refractivity contribution in [3.8, 4) is 5.69 Å². The van der Waals surface area contributed by atoms with Crippen LogP contribution in [0.5, 0.6) is 0 Å². The third-order valence-electron chi connectivity index (χ3n) is 8.09. The summed E-state index contributed by atoms with van der Waals surface area (Å²) in [7, 11) is 0. The molecule has 5 heteroatoms. The number of carbonyl (C=O) groups is 1. The van der Waals surface area contributed by atoms with Gasteiger partial charge in [0.05, 0.1) is 11.4 Å². The molecule has 1 amide bonds. The quantitative estimate of drug-likeness (QED) is 0.680. The van der Waals surface area contributed by atoms with Crippen LogP contribution in [-0.4, -0.2) is 15.7 Å². The van der Waals surface area contributed by atoms with Gasteiger partial charge in [-0.3, -0.25) is 4.79 Å². The van der Waals surface area contributed by atoms with Gasteiger partial charge in [-0.15, -0.1) is 0 Å². The molecule has 7 rings (SSSR count). The molecule has 2 aromatic rings. The predicted molar refractivity (Wildman–Crippen MR) is 122 cm³/mol. The molecule has 30 heavy (non-hydrogen) atoms. The van der Waals surface area contributed by atoms with Gasteiger partial charge in [-0.25, -0.2) is 4.68 Å². The number of hydrogen-bond donors (Lipinski definition) is 1. The van der Waals surface area contributed by atoms with Crippen LogP contribution in [-0.2, 0) is 16.3 Å². The molecular weight excluding hydrogens is 390 g/mol. The van der Waals surface area contributed by atoms with Crippen LogP contribution in [0.15, 0.2) is 18.2 Å². The summed E-state index contributed by atoms with van der Waals surface area (Å²) in [6.45, 7) is 4.25. The second-order valence-electron chi connectivity index (χ2n) is 10.6. The van der Waals surface area contributed by atoms with Crippen LogP contribution in [0.3, 0.4) is 0 Å². The Kier molecular flexibility index (Phi) is 4.35. The molecule has 4 fully saturated rings. The molecule has 4 saturated carbocycles. The lowest BCUT2D eigenvalue weighted by Crippen LogP contribution is -2.47. The molecule has 2 heterocycles. The first-order valence-corrected chi connectivity index (χ1v) is 12.7. The van der Waals surface area contributed by atoms with Crippen LogP contribution in [0.1, 0.15) is 67.3 Å². The van der Waals surface area contributed by atoms with Crippen molar-refractivity contribution in [3.63, 3.8) is 0 Å². The van der Waals surface area contributed by atoms with E-state index in [-0.39, 0.29) is 11.3 Å². The minimum absolute atomic E-state index is 0.197. The molecule has 1 aromatic carbocycles. The van der Waals surface area contributed by atoms with Gasteiger partial charge in [0.2, 0.25) is 5.91 Å². The van der Waals surface area contributed by atoms with Crippen molar-refractivity contribution in [2.24, 2.45) is 23.2 Å². The van der Waals surface area contributed by atoms with Crippen LogP contribution in [0, 0.1) is 37.0 Å². The number of nitrogens with one attached hydrogen (secondary N) is 1. The number of nitrogens with zero attached hydrogens (tertiary/aromatic N) is 2. The first-order chi connectivity index (χ1) is 14.5. The summed E-state index contributed by atoms with van der Waals surface area (Å²) in [6.07, 6.45) is 8.78. The van der Waals surface area contributed by atoms with E-state index in [2.05, 4.69) is 37.4 Å². The van der Waals surface area contributed by atoms with Gasteiger partial charge in [0.1, 0.15) is 5.82 Å². The number of aromatic nitrogens is 2. The molecule has 1 aromatic heterocycles. The Labute approximate surface area is 183 Å². The Hall–Kier alpha value is -1.75.